The first-order chi connectivity index (χ1) is 15.5. The van der Waals surface area contributed by atoms with E-state index in [1.165, 1.54) is 10.5 Å². The van der Waals surface area contributed by atoms with Gasteiger partial charge >= 0.3 is 0 Å². The van der Waals surface area contributed by atoms with Crippen LogP contribution in [0.25, 0.3) is 22.5 Å². The molecule has 0 spiro atoms. The minimum Gasteiger partial charge on any atom is -0.497 e. The molecular weight excluding hydrogens is 430 g/mol. The molecular formula is C22H23N5O4S. The first-order valence-electron chi connectivity index (χ1n) is 10.3. The maximum absolute atomic E-state index is 13.2. The summed E-state index contributed by atoms with van der Waals surface area (Å²) in [5, 5.41) is 0.614. The van der Waals surface area contributed by atoms with Crippen molar-refractivity contribution in [2.75, 3.05) is 33.3 Å². The second kappa shape index (κ2) is 8.38. The summed E-state index contributed by atoms with van der Waals surface area (Å²) in [5.74, 6) is 1.33. The minimum atomic E-state index is -3.59. The van der Waals surface area contributed by atoms with Crippen molar-refractivity contribution in [2.45, 2.75) is 11.4 Å². The van der Waals surface area contributed by atoms with E-state index in [2.05, 4.69) is 19.9 Å². The maximum Gasteiger partial charge on any atom is 0.245 e. The largest absolute Gasteiger partial charge is 0.497 e. The Balaban J connectivity index is 1.23. The van der Waals surface area contributed by atoms with E-state index in [-0.39, 0.29) is 4.90 Å². The number of aromatic nitrogens is 3. The first-order valence-corrected chi connectivity index (χ1v) is 11.7. The highest BCUT2D eigenvalue weighted by Crippen LogP contribution is 2.26. The van der Waals surface area contributed by atoms with Gasteiger partial charge in [-0.05, 0) is 36.4 Å². The van der Waals surface area contributed by atoms with Gasteiger partial charge in [-0.1, -0.05) is 0 Å². The topological polar surface area (TPSA) is 105 Å². The van der Waals surface area contributed by atoms with Crippen LogP contribution >= 0.6 is 0 Å². The summed E-state index contributed by atoms with van der Waals surface area (Å²) in [6.07, 6.45) is 4.81. The Morgan fingerprint density at radius 1 is 1.12 bits per heavy atom. The summed E-state index contributed by atoms with van der Waals surface area (Å²) >= 11 is 0. The molecule has 3 aromatic heterocycles. The normalized spacial score (nSPS) is 15.9. The second-order valence-electron chi connectivity index (χ2n) is 7.61. The molecule has 32 heavy (non-hydrogen) atoms. The number of hydrogen-bond acceptors (Lipinski definition) is 7. The van der Waals surface area contributed by atoms with Crippen molar-refractivity contribution in [2.24, 2.45) is 0 Å². The van der Waals surface area contributed by atoms with Crippen molar-refractivity contribution < 1.29 is 17.6 Å². The van der Waals surface area contributed by atoms with Crippen molar-refractivity contribution in [3.8, 4) is 17.2 Å². The SMILES string of the molecule is COc1ccc(-c2nc(CN3CCN(S(=O)(=O)c4c[nH]c5ncccc45)CC3)co2)cc1. The summed E-state index contributed by atoms with van der Waals surface area (Å²) in [6.45, 7) is 2.66. The van der Waals surface area contributed by atoms with Gasteiger partial charge in [-0.15, -0.1) is 0 Å². The predicted molar refractivity (Wildman–Crippen MR) is 119 cm³/mol. The standard InChI is InChI=1S/C22H23N5O4S/c1-30-18-6-4-16(5-7-18)22-25-17(15-31-22)14-26-9-11-27(12-10-26)32(28,29)20-13-24-21-19(20)3-2-8-23-21/h2-8,13,15H,9-12,14H2,1H3,(H,23,24). The fourth-order valence-electron chi connectivity index (χ4n) is 3.89. The lowest BCUT2D eigenvalue weighted by molar-refractivity contribution is 0.180. The van der Waals surface area contributed by atoms with Crippen LogP contribution in [0.5, 0.6) is 5.75 Å². The summed E-state index contributed by atoms with van der Waals surface area (Å²) in [4.78, 5) is 14.2. The fourth-order valence-corrected chi connectivity index (χ4v) is 5.46. The maximum atomic E-state index is 13.2. The average molecular weight is 454 g/mol. The number of nitrogens with one attached hydrogen (secondary N) is 1. The number of ether oxygens (including phenoxy) is 1. The third-order valence-corrected chi connectivity index (χ3v) is 7.58. The molecule has 0 radical (unpaired) electrons. The Kier molecular flexibility index (Phi) is 5.41. The van der Waals surface area contributed by atoms with Gasteiger partial charge in [-0.3, -0.25) is 4.90 Å². The van der Waals surface area contributed by atoms with Crippen LogP contribution in [0.15, 0.2) is 64.4 Å². The highest BCUT2D eigenvalue weighted by molar-refractivity contribution is 7.89. The number of hydrogen-bond donors (Lipinski definition) is 1. The van der Waals surface area contributed by atoms with Gasteiger partial charge in [0.15, 0.2) is 0 Å². The van der Waals surface area contributed by atoms with Gasteiger partial charge in [0, 0.05) is 56.1 Å². The highest BCUT2D eigenvalue weighted by Gasteiger charge is 2.30. The van der Waals surface area contributed by atoms with Crippen LogP contribution in [-0.2, 0) is 16.6 Å². The Labute approximate surface area is 185 Å². The van der Waals surface area contributed by atoms with E-state index in [0.29, 0.717) is 49.6 Å². The molecule has 1 aromatic carbocycles. The lowest BCUT2D eigenvalue weighted by Gasteiger charge is -2.33. The van der Waals surface area contributed by atoms with Crippen LogP contribution < -0.4 is 4.74 Å². The monoisotopic (exact) mass is 453 g/mol. The van der Waals surface area contributed by atoms with Crippen molar-refractivity contribution >= 4 is 21.1 Å². The van der Waals surface area contributed by atoms with Crippen molar-refractivity contribution in [1.29, 1.82) is 0 Å². The van der Waals surface area contributed by atoms with Crippen LogP contribution in [0.2, 0.25) is 0 Å². The lowest BCUT2D eigenvalue weighted by atomic mass is 10.2. The number of benzene rings is 1. The Hall–Kier alpha value is -3.21. The molecule has 0 amide bonds. The second-order valence-corrected chi connectivity index (χ2v) is 9.51. The van der Waals surface area contributed by atoms with Crippen LogP contribution in [0, 0.1) is 0 Å². The minimum absolute atomic E-state index is 0.273. The van der Waals surface area contributed by atoms with E-state index in [1.807, 2.05) is 24.3 Å². The average Bonchev–Trinajstić information content (AvgIpc) is 3.47. The zero-order valence-corrected chi connectivity index (χ0v) is 18.4. The van der Waals surface area contributed by atoms with Gasteiger partial charge in [0.25, 0.3) is 0 Å². The molecule has 4 heterocycles. The number of methoxy groups -OCH3 is 1. The first kappa shape index (κ1) is 20.7. The molecule has 0 bridgehead atoms. The van der Waals surface area contributed by atoms with Crippen LogP contribution in [-0.4, -0.2) is 65.9 Å². The highest BCUT2D eigenvalue weighted by atomic mass is 32.2. The zero-order chi connectivity index (χ0) is 22.1. The molecule has 5 rings (SSSR count). The van der Waals surface area contributed by atoms with Crippen LogP contribution in [0.3, 0.4) is 0 Å². The van der Waals surface area contributed by atoms with E-state index in [1.54, 1.807) is 31.7 Å². The molecule has 1 saturated heterocycles. The Morgan fingerprint density at radius 3 is 2.66 bits per heavy atom. The quantitative estimate of drug-likeness (QED) is 0.479. The molecule has 1 fully saturated rings. The summed E-state index contributed by atoms with van der Waals surface area (Å²) in [5.41, 5.74) is 2.26. The van der Waals surface area contributed by atoms with E-state index < -0.39 is 10.0 Å². The number of nitrogens with zero attached hydrogens (tertiary/aromatic N) is 4. The molecule has 0 unspecified atom stereocenters. The van der Waals surface area contributed by atoms with E-state index in [0.717, 1.165) is 17.0 Å². The molecule has 1 N–H and O–H groups in total. The summed E-state index contributed by atoms with van der Waals surface area (Å²) in [6, 6.07) is 11.0. The number of rotatable bonds is 6. The van der Waals surface area contributed by atoms with E-state index >= 15 is 0 Å². The van der Waals surface area contributed by atoms with Gasteiger partial charge in [-0.2, -0.15) is 4.31 Å². The molecule has 0 aliphatic carbocycles. The van der Waals surface area contributed by atoms with Crippen molar-refractivity contribution in [3.05, 3.63) is 60.7 Å². The smallest absolute Gasteiger partial charge is 0.245 e. The number of oxazole rings is 1. The zero-order valence-electron chi connectivity index (χ0n) is 17.6. The number of sulfonamides is 1. The third-order valence-electron chi connectivity index (χ3n) is 5.64. The van der Waals surface area contributed by atoms with E-state index in [9.17, 15) is 8.42 Å². The predicted octanol–water partition coefficient (Wildman–Crippen LogP) is 2.73. The van der Waals surface area contributed by atoms with E-state index in [4.69, 9.17) is 9.15 Å². The lowest BCUT2D eigenvalue weighted by Crippen LogP contribution is -2.48. The fraction of sp³-hybridized carbons (Fsp3) is 0.273. The van der Waals surface area contributed by atoms with Gasteiger partial charge in [0.2, 0.25) is 15.9 Å². The number of fused-ring (bicyclic) bond motifs is 1. The number of piperazine rings is 1. The number of pyridine rings is 1. The summed E-state index contributed by atoms with van der Waals surface area (Å²) < 4.78 is 38.7. The molecule has 0 saturated carbocycles. The van der Waals surface area contributed by atoms with Gasteiger partial charge in [-0.25, -0.2) is 18.4 Å². The molecule has 9 nitrogen and oxygen atoms in total. The van der Waals surface area contributed by atoms with Gasteiger partial charge in [0.05, 0.1) is 12.8 Å². The molecule has 10 heteroatoms. The third kappa shape index (κ3) is 3.88. The van der Waals surface area contributed by atoms with Gasteiger partial charge < -0.3 is 14.1 Å². The van der Waals surface area contributed by atoms with Crippen LogP contribution in [0.4, 0.5) is 0 Å². The number of H-pyrrole nitrogens is 1. The van der Waals surface area contributed by atoms with Gasteiger partial charge in [0.1, 0.15) is 22.6 Å². The molecule has 1 aliphatic rings. The van der Waals surface area contributed by atoms with Crippen molar-refractivity contribution in [3.63, 3.8) is 0 Å². The van der Waals surface area contributed by atoms with Crippen molar-refractivity contribution in [1.82, 2.24) is 24.2 Å². The summed E-state index contributed by atoms with van der Waals surface area (Å²) in [7, 11) is -1.96. The number of aromatic amines is 1. The molecule has 1 aliphatic heterocycles. The molecule has 4 aromatic rings. The van der Waals surface area contributed by atoms with Crippen LogP contribution in [0.1, 0.15) is 5.69 Å². The molecule has 166 valence electrons. The Morgan fingerprint density at radius 2 is 1.91 bits per heavy atom. The molecule has 0 atom stereocenters. The Bertz CT molecular complexity index is 1320.